The lowest BCUT2D eigenvalue weighted by molar-refractivity contribution is -0.148. The molecule has 0 bridgehead atoms. The minimum Gasteiger partial charge on any atom is -0.484 e. The lowest BCUT2D eigenvalue weighted by atomic mass is 9.87. The minimum absolute atomic E-state index is 0.111. The van der Waals surface area contributed by atoms with Crippen molar-refractivity contribution < 1.29 is 24.2 Å². The molecule has 6 nitrogen and oxygen atoms in total. The highest BCUT2D eigenvalue weighted by Gasteiger charge is 2.40. The van der Waals surface area contributed by atoms with Crippen molar-refractivity contribution in [3.05, 3.63) is 65.7 Å². The van der Waals surface area contributed by atoms with Crippen molar-refractivity contribution in [2.24, 2.45) is 0 Å². The molecule has 2 rings (SSSR count). The van der Waals surface area contributed by atoms with Gasteiger partial charge in [-0.3, -0.25) is 9.59 Å². The van der Waals surface area contributed by atoms with Crippen LogP contribution in [-0.2, 0) is 15.1 Å². The third kappa shape index (κ3) is 4.27. The molecule has 2 N–H and O–H groups in total. The topological polar surface area (TPSA) is 92.7 Å². The van der Waals surface area contributed by atoms with Crippen LogP contribution in [-0.4, -0.2) is 29.4 Å². The fraction of sp³-hybridized carbons (Fsp3) is 0.250. The summed E-state index contributed by atoms with van der Waals surface area (Å²) < 4.78 is 5.41. The number of nitrogens with one attached hydrogen (secondary N) is 1. The number of ketones is 1. The van der Waals surface area contributed by atoms with Crippen LogP contribution >= 0.6 is 0 Å². The van der Waals surface area contributed by atoms with Crippen molar-refractivity contribution in [1.82, 2.24) is 5.32 Å². The number of hydrogen-bond donors (Lipinski definition) is 2. The molecule has 2 aromatic rings. The first-order chi connectivity index (χ1) is 12.4. The molecule has 0 aliphatic carbocycles. The van der Waals surface area contributed by atoms with Gasteiger partial charge in [-0.15, -0.1) is 0 Å². The van der Waals surface area contributed by atoms with Crippen LogP contribution in [0.2, 0.25) is 0 Å². The lowest BCUT2D eigenvalue weighted by Gasteiger charge is -2.30. The van der Waals surface area contributed by atoms with E-state index in [1.807, 2.05) is 0 Å². The summed E-state index contributed by atoms with van der Waals surface area (Å²) in [6, 6.07) is 15.0. The van der Waals surface area contributed by atoms with Gasteiger partial charge in [-0.05, 0) is 31.0 Å². The number of carboxylic acid groups (broad SMARTS) is 1. The molecule has 0 aliphatic rings. The predicted molar refractivity (Wildman–Crippen MR) is 96.1 cm³/mol. The SMILES string of the molecule is CCC(NC(=O)COc1cccc(C(C)=O)c1)(C(=O)O)c1ccccc1. The van der Waals surface area contributed by atoms with Gasteiger partial charge in [0.1, 0.15) is 5.75 Å². The van der Waals surface area contributed by atoms with Crippen molar-refractivity contribution in [3.63, 3.8) is 0 Å². The number of Topliss-reactive ketones (excluding diaryl/α,β-unsaturated/α-hetero) is 1. The third-order valence-corrected chi connectivity index (χ3v) is 4.13. The van der Waals surface area contributed by atoms with E-state index in [1.54, 1.807) is 55.5 Å². The molecule has 0 fully saturated rings. The smallest absolute Gasteiger partial charge is 0.334 e. The highest BCUT2D eigenvalue weighted by Crippen LogP contribution is 2.25. The van der Waals surface area contributed by atoms with E-state index in [1.165, 1.54) is 13.0 Å². The van der Waals surface area contributed by atoms with Crippen LogP contribution < -0.4 is 10.1 Å². The zero-order valence-corrected chi connectivity index (χ0v) is 14.7. The highest BCUT2D eigenvalue weighted by atomic mass is 16.5. The maximum absolute atomic E-state index is 12.3. The number of ether oxygens (including phenoxy) is 1. The molecule has 136 valence electrons. The number of aliphatic carboxylic acids is 1. The first kappa shape index (κ1) is 19.2. The van der Waals surface area contributed by atoms with Gasteiger partial charge in [0.2, 0.25) is 0 Å². The molecule has 0 aliphatic heterocycles. The Morgan fingerprint density at radius 1 is 1.08 bits per heavy atom. The van der Waals surface area contributed by atoms with E-state index in [4.69, 9.17) is 4.74 Å². The zero-order valence-electron chi connectivity index (χ0n) is 14.7. The van der Waals surface area contributed by atoms with Gasteiger partial charge in [0.15, 0.2) is 17.9 Å². The molecule has 1 amide bonds. The summed E-state index contributed by atoms with van der Waals surface area (Å²) in [5.41, 5.74) is -0.564. The Labute approximate surface area is 151 Å². The van der Waals surface area contributed by atoms with Crippen molar-refractivity contribution >= 4 is 17.7 Å². The normalized spacial score (nSPS) is 12.7. The molecular weight excluding hydrogens is 334 g/mol. The van der Waals surface area contributed by atoms with Gasteiger partial charge in [-0.1, -0.05) is 49.4 Å². The molecule has 1 atom stereocenters. The van der Waals surface area contributed by atoms with Crippen molar-refractivity contribution in [3.8, 4) is 5.75 Å². The molecule has 0 heterocycles. The molecule has 0 saturated heterocycles. The first-order valence-electron chi connectivity index (χ1n) is 8.23. The highest BCUT2D eigenvalue weighted by molar-refractivity contribution is 5.94. The van der Waals surface area contributed by atoms with Crippen LogP contribution in [0, 0.1) is 0 Å². The van der Waals surface area contributed by atoms with Gasteiger partial charge in [0.05, 0.1) is 0 Å². The number of hydrogen-bond acceptors (Lipinski definition) is 4. The Morgan fingerprint density at radius 2 is 1.77 bits per heavy atom. The van der Waals surface area contributed by atoms with E-state index < -0.39 is 17.4 Å². The maximum atomic E-state index is 12.3. The second-order valence-corrected chi connectivity index (χ2v) is 5.85. The van der Waals surface area contributed by atoms with Gasteiger partial charge in [-0.2, -0.15) is 0 Å². The molecular formula is C20H21NO5. The first-order valence-corrected chi connectivity index (χ1v) is 8.23. The average Bonchev–Trinajstić information content (AvgIpc) is 2.65. The summed E-state index contributed by atoms with van der Waals surface area (Å²) in [5, 5.41) is 12.3. The van der Waals surface area contributed by atoms with Crippen LogP contribution in [0.1, 0.15) is 36.2 Å². The standard InChI is InChI=1S/C20H21NO5/c1-3-20(19(24)25,16-9-5-4-6-10-16)21-18(23)13-26-17-11-7-8-15(12-17)14(2)22/h4-12H,3,13H2,1-2H3,(H,21,23)(H,24,25). The van der Waals surface area contributed by atoms with Gasteiger partial charge >= 0.3 is 5.97 Å². The summed E-state index contributed by atoms with van der Waals surface area (Å²) in [6.07, 6.45) is 0.178. The quantitative estimate of drug-likeness (QED) is 0.710. The number of carbonyl (C=O) groups excluding carboxylic acids is 2. The number of carboxylic acids is 1. The number of rotatable bonds is 8. The van der Waals surface area contributed by atoms with E-state index in [-0.39, 0.29) is 18.8 Å². The largest absolute Gasteiger partial charge is 0.484 e. The summed E-state index contributed by atoms with van der Waals surface area (Å²) in [6.45, 7) is 2.77. The molecule has 0 radical (unpaired) electrons. The monoisotopic (exact) mass is 355 g/mol. The minimum atomic E-state index is -1.52. The van der Waals surface area contributed by atoms with E-state index in [0.29, 0.717) is 16.9 Å². The Morgan fingerprint density at radius 3 is 2.35 bits per heavy atom. The summed E-state index contributed by atoms with van der Waals surface area (Å²) in [4.78, 5) is 35.6. The Bertz CT molecular complexity index is 803. The van der Waals surface area contributed by atoms with Crippen LogP contribution in [0.4, 0.5) is 0 Å². The second kappa shape index (κ2) is 8.29. The third-order valence-electron chi connectivity index (χ3n) is 4.13. The van der Waals surface area contributed by atoms with E-state index in [0.717, 1.165) is 0 Å². The second-order valence-electron chi connectivity index (χ2n) is 5.85. The van der Waals surface area contributed by atoms with Crippen LogP contribution in [0.25, 0.3) is 0 Å². The van der Waals surface area contributed by atoms with E-state index in [9.17, 15) is 19.5 Å². The number of carbonyl (C=O) groups is 3. The van der Waals surface area contributed by atoms with E-state index >= 15 is 0 Å². The van der Waals surface area contributed by atoms with Gasteiger partial charge < -0.3 is 15.2 Å². The molecule has 2 aromatic carbocycles. The fourth-order valence-corrected chi connectivity index (χ4v) is 2.64. The number of amides is 1. The summed E-state index contributed by atoms with van der Waals surface area (Å²) in [5.74, 6) is -1.45. The molecule has 1 unspecified atom stereocenters. The van der Waals surface area contributed by atoms with E-state index in [2.05, 4.69) is 5.32 Å². The van der Waals surface area contributed by atoms with Crippen molar-refractivity contribution in [1.29, 1.82) is 0 Å². The van der Waals surface area contributed by atoms with Gasteiger partial charge in [0.25, 0.3) is 5.91 Å². The number of benzene rings is 2. The van der Waals surface area contributed by atoms with Gasteiger partial charge in [0, 0.05) is 5.56 Å². The zero-order chi connectivity index (χ0) is 19.2. The van der Waals surface area contributed by atoms with Gasteiger partial charge in [-0.25, -0.2) is 4.79 Å². The molecule has 6 heteroatoms. The summed E-state index contributed by atoms with van der Waals surface area (Å²) >= 11 is 0. The average molecular weight is 355 g/mol. The lowest BCUT2D eigenvalue weighted by Crippen LogP contribution is -2.52. The molecule has 0 spiro atoms. The molecule has 26 heavy (non-hydrogen) atoms. The summed E-state index contributed by atoms with van der Waals surface area (Å²) in [7, 11) is 0. The fourth-order valence-electron chi connectivity index (χ4n) is 2.64. The Hall–Kier alpha value is -3.15. The molecule has 0 aromatic heterocycles. The Kier molecular flexibility index (Phi) is 6.11. The molecule has 0 saturated carbocycles. The van der Waals surface area contributed by atoms with Crippen LogP contribution in [0.5, 0.6) is 5.75 Å². The van der Waals surface area contributed by atoms with Crippen molar-refractivity contribution in [2.75, 3.05) is 6.61 Å². The maximum Gasteiger partial charge on any atom is 0.334 e. The van der Waals surface area contributed by atoms with Crippen LogP contribution in [0.3, 0.4) is 0 Å². The Balaban J connectivity index is 2.12. The van der Waals surface area contributed by atoms with Crippen LogP contribution in [0.15, 0.2) is 54.6 Å². The van der Waals surface area contributed by atoms with Crippen molar-refractivity contribution in [2.45, 2.75) is 25.8 Å². The predicted octanol–water partition coefficient (Wildman–Crippen LogP) is 2.77.